The summed E-state index contributed by atoms with van der Waals surface area (Å²) in [6.07, 6.45) is -0.702. The summed E-state index contributed by atoms with van der Waals surface area (Å²) in [5.74, 6) is 0. The number of rotatable bonds is 0. The van der Waals surface area contributed by atoms with Gasteiger partial charge in [-0.15, -0.1) is 0 Å². The summed E-state index contributed by atoms with van der Waals surface area (Å²) in [4.78, 5) is 10.0. The standard InChI is InChI=1S/C2H4NO2S2/c1-5-2(4)3(6)7/h6-7H,1H2. The zero-order chi connectivity index (χ0) is 5.86. The van der Waals surface area contributed by atoms with Crippen molar-refractivity contribution in [3.8, 4) is 0 Å². The first kappa shape index (κ1) is 6.97. The fraction of sp³-hybridized carbons (Fsp3) is 0. The van der Waals surface area contributed by atoms with Crippen LogP contribution in [0.5, 0.6) is 0 Å². The van der Waals surface area contributed by atoms with Gasteiger partial charge in [0.05, 0.1) is 0 Å². The lowest BCUT2D eigenvalue weighted by Gasteiger charge is -2.01. The number of hydrogen-bond acceptors (Lipinski definition) is 4. The molecule has 3 nitrogen and oxygen atoms in total. The summed E-state index contributed by atoms with van der Waals surface area (Å²) in [6, 6.07) is 0. The molecule has 0 aliphatic heterocycles. The van der Waals surface area contributed by atoms with Gasteiger partial charge in [0.2, 0.25) is 0 Å². The van der Waals surface area contributed by atoms with Crippen molar-refractivity contribution in [2.75, 3.05) is 0 Å². The second-order valence-electron chi connectivity index (χ2n) is 0.700. The lowest BCUT2D eigenvalue weighted by molar-refractivity contribution is 0.180. The van der Waals surface area contributed by atoms with Crippen molar-refractivity contribution in [2.24, 2.45) is 0 Å². The minimum absolute atomic E-state index is 0.687. The van der Waals surface area contributed by atoms with Gasteiger partial charge >= 0.3 is 6.09 Å². The van der Waals surface area contributed by atoms with E-state index in [2.05, 4.69) is 37.5 Å². The zero-order valence-electron chi connectivity index (χ0n) is 3.37. The van der Waals surface area contributed by atoms with Crippen LogP contribution in [0.15, 0.2) is 0 Å². The first-order valence-corrected chi connectivity index (χ1v) is 2.12. The minimum Gasteiger partial charge on any atom is -0.445 e. The van der Waals surface area contributed by atoms with Crippen molar-refractivity contribution in [3.63, 3.8) is 0 Å². The number of ether oxygens (including phenoxy) is 1. The molecule has 0 aliphatic rings. The molecule has 0 fully saturated rings. The Morgan fingerprint density at radius 1 is 1.71 bits per heavy atom. The van der Waals surface area contributed by atoms with E-state index in [0.29, 0.717) is 3.71 Å². The summed E-state index contributed by atoms with van der Waals surface area (Å²) >= 11 is 6.91. The molecule has 0 atom stereocenters. The summed E-state index contributed by atoms with van der Waals surface area (Å²) in [5.41, 5.74) is 0. The third-order valence-electron chi connectivity index (χ3n) is 0.287. The Morgan fingerprint density at radius 2 is 2.14 bits per heavy atom. The van der Waals surface area contributed by atoms with Crippen LogP contribution in [0, 0.1) is 7.11 Å². The van der Waals surface area contributed by atoms with Gasteiger partial charge in [-0.3, -0.25) is 0 Å². The smallest absolute Gasteiger partial charge is 0.430 e. The van der Waals surface area contributed by atoms with Crippen molar-refractivity contribution in [1.29, 1.82) is 0 Å². The van der Waals surface area contributed by atoms with Gasteiger partial charge in [0.15, 0.2) is 0 Å². The minimum atomic E-state index is -0.702. The van der Waals surface area contributed by atoms with Gasteiger partial charge < -0.3 is 4.74 Å². The maximum atomic E-state index is 10.0. The van der Waals surface area contributed by atoms with Gasteiger partial charge in [0.25, 0.3) is 0 Å². The quantitative estimate of drug-likeness (QED) is 0.487. The highest BCUT2D eigenvalue weighted by atomic mass is 32.2. The number of nitrogens with zero attached hydrogens (tertiary/aromatic N) is 1. The van der Waals surface area contributed by atoms with E-state index in [1.807, 2.05) is 0 Å². The summed E-state index contributed by atoms with van der Waals surface area (Å²) in [7, 11) is 2.82. The fourth-order valence-corrected chi connectivity index (χ4v) is 0.173. The molecule has 0 bridgehead atoms. The van der Waals surface area contributed by atoms with Crippen LogP contribution in [0.25, 0.3) is 0 Å². The van der Waals surface area contributed by atoms with E-state index in [0.717, 1.165) is 0 Å². The van der Waals surface area contributed by atoms with Gasteiger partial charge in [0.1, 0.15) is 7.11 Å². The number of amides is 1. The Balaban J connectivity index is 3.35. The van der Waals surface area contributed by atoms with E-state index in [1.165, 1.54) is 0 Å². The third-order valence-corrected chi connectivity index (χ3v) is 0.613. The maximum Gasteiger partial charge on any atom is 0.430 e. The molecule has 0 saturated heterocycles. The Hall–Kier alpha value is -0.0300. The third kappa shape index (κ3) is 2.64. The molecule has 41 valence electrons. The summed E-state index contributed by atoms with van der Waals surface area (Å²) in [5, 5.41) is 0. The molecule has 0 aromatic rings. The van der Waals surface area contributed by atoms with Crippen molar-refractivity contribution in [1.82, 2.24) is 3.71 Å². The van der Waals surface area contributed by atoms with Crippen LogP contribution < -0.4 is 0 Å². The van der Waals surface area contributed by atoms with Gasteiger partial charge in [-0.2, -0.15) is 3.71 Å². The van der Waals surface area contributed by atoms with Crippen LogP contribution in [0.1, 0.15) is 0 Å². The monoisotopic (exact) mass is 138 g/mol. The predicted molar refractivity (Wildman–Crippen MR) is 31.6 cm³/mol. The Kier molecular flexibility index (Phi) is 3.02. The first-order valence-electron chi connectivity index (χ1n) is 1.32. The van der Waals surface area contributed by atoms with Crippen LogP contribution in [-0.2, 0) is 4.74 Å². The van der Waals surface area contributed by atoms with Crippen LogP contribution in [-0.4, -0.2) is 9.80 Å². The van der Waals surface area contributed by atoms with E-state index in [1.54, 1.807) is 0 Å². The highest BCUT2D eigenvalue weighted by Gasteiger charge is 2.00. The molecule has 7 heavy (non-hydrogen) atoms. The number of hydrogen-bond donors (Lipinski definition) is 2. The summed E-state index contributed by atoms with van der Waals surface area (Å²) < 4.78 is 4.58. The molecule has 5 heteroatoms. The number of carbonyl (C=O) groups is 1. The zero-order valence-corrected chi connectivity index (χ0v) is 5.15. The molecule has 1 amide bonds. The second-order valence-corrected chi connectivity index (χ2v) is 1.82. The molecule has 0 N–H and O–H groups in total. The lowest BCUT2D eigenvalue weighted by Crippen LogP contribution is -2.08. The van der Waals surface area contributed by atoms with Crippen molar-refractivity contribution < 1.29 is 9.53 Å². The molecule has 0 aromatic heterocycles. The molecule has 0 heterocycles. The molecule has 0 spiro atoms. The average Bonchev–Trinajstić information content (AvgIpc) is 1.65. The van der Waals surface area contributed by atoms with Gasteiger partial charge in [-0.1, -0.05) is 0 Å². The largest absolute Gasteiger partial charge is 0.445 e. The predicted octanol–water partition coefficient (Wildman–Crippen LogP) is 0.906. The highest BCUT2D eigenvalue weighted by molar-refractivity contribution is 7.94. The van der Waals surface area contributed by atoms with E-state index >= 15 is 0 Å². The highest BCUT2D eigenvalue weighted by Crippen LogP contribution is 1.98. The average molecular weight is 138 g/mol. The van der Waals surface area contributed by atoms with Crippen molar-refractivity contribution >= 4 is 31.7 Å². The Bertz CT molecular complexity index is 74.1. The molecular weight excluding hydrogens is 134 g/mol. The Labute approximate surface area is 52.7 Å². The van der Waals surface area contributed by atoms with E-state index in [9.17, 15) is 4.79 Å². The van der Waals surface area contributed by atoms with E-state index in [4.69, 9.17) is 0 Å². The molecule has 0 rings (SSSR count). The van der Waals surface area contributed by atoms with Gasteiger partial charge in [-0.05, 0) is 25.6 Å². The fourth-order valence-electron chi connectivity index (χ4n) is 0.0577. The summed E-state index contributed by atoms with van der Waals surface area (Å²) in [6.45, 7) is 0. The molecule has 0 unspecified atom stereocenters. The maximum absolute atomic E-state index is 10.0. The number of thiol groups is 2. The first-order chi connectivity index (χ1) is 3.18. The molecule has 1 radical (unpaired) electrons. The second kappa shape index (κ2) is 3.04. The SMILES string of the molecule is [CH2]OC(=O)N(S)S. The normalized spacial score (nSPS) is 7.86. The van der Waals surface area contributed by atoms with Crippen molar-refractivity contribution in [3.05, 3.63) is 7.11 Å². The molecule has 0 saturated carbocycles. The molecular formula is C2H4NO2S2. The Morgan fingerprint density at radius 3 is 2.14 bits per heavy atom. The van der Waals surface area contributed by atoms with Crippen LogP contribution in [0.2, 0.25) is 0 Å². The van der Waals surface area contributed by atoms with E-state index < -0.39 is 6.09 Å². The van der Waals surface area contributed by atoms with Gasteiger partial charge in [-0.25, -0.2) is 4.79 Å². The van der Waals surface area contributed by atoms with Crippen LogP contribution >= 0.6 is 25.6 Å². The topological polar surface area (TPSA) is 29.5 Å². The van der Waals surface area contributed by atoms with Crippen LogP contribution in [0.4, 0.5) is 4.79 Å². The molecule has 0 aromatic carbocycles. The van der Waals surface area contributed by atoms with E-state index in [-0.39, 0.29) is 0 Å². The number of carbonyl (C=O) groups excluding carboxylic acids is 1. The lowest BCUT2D eigenvalue weighted by atomic mass is 11.2. The van der Waals surface area contributed by atoms with Crippen LogP contribution in [0.3, 0.4) is 0 Å². The van der Waals surface area contributed by atoms with Gasteiger partial charge in [0, 0.05) is 0 Å². The molecule has 0 aliphatic carbocycles. The van der Waals surface area contributed by atoms with Crippen molar-refractivity contribution in [2.45, 2.75) is 0 Å².